The van der Waals surface area contributed by atoms with Crippen molar-refractivity contribution in [2.75, 3.05) is 5.75 Å². The number of rotatable bonds is 7. The molecule has 5 nitrogen and oxygen atoms in total. The first-order chi connectivity index (χ1) is 10.4. The van der Waals surface area contributed by atoms with Crippen molar-refractivity contribution in [3.8, 4) is 0 Å². The molecular formula is C15H20FN3O2S. The highest BCUT2D eigenvalue weighted by atomic mass is 32.2. The van der Waals surface area contributed by atoms with Crippen LogP contribution in [0.2, 0.25) is 0 Å². The van der Waals surface area contributed by atoms with E-state index in [2.05, 4.69) is 9.71 Å². The zero-order valence-corrected chi connectivity index (χ0v) is 13.5. The molecule has 0 saturated carbocycles. The molecule has 0 fully saturated rings. The van der Waals surface area contributed by atoms with Crippen LogP contribution in [0, 0.1) is 5.82 Å². The molecule has 1 N–H and O–H groups in total. The lowest BCUT2D eigenvalue weighted by Gasteiger charge is -2.19. The zero-order valence-electron chi connectivity index (χ0n) is 12.7. The van der Waals surface area contributed by atoms with E-state index in [1.807, 2.05) is 6.92 Å². The maximum atomic E-state index is 14.1. The van der Waals surface area contributed by atoms with Gasteiger partial charge < -0.3 is 4.57 Å². The summed E-state index contributed by atoms with van der Waals surface area (Å²) in [6, 6.07) is 5.28. The van der Waals surface area contributed by atoms with E-state index in [9.17, 15) is 12.8 Å². The molecule has 0 amide bonds. The highest BCUT2D eigenvalue weighted by Gasteiger charge is 2.26. The van der Waals surface area contributed by atoms with Crippen molar-refractivity contribution in [2.24, 2.45) is 7.05 Å². The minimum absolute atomic E-state index is 0.0128. The van der Waals surface area contributed by atoms with E-state index in [1.54, 1.807) is 42.2 Å². The molecule has 0 radical (unpaired) electrons. The molecular weight excluding hydrogens is 305 g/mol. The summed E-state index contributed by atoms with van der Waals surface area (Å²) in [5.74, 6) is -0.00217. The minimum atomic E-state index is -3.52. The summed E-state index contributed by atoms with van der Waals surface area (Å²) in [6.45, 7) is 1.92. The van der Waals surface area contributed by atoms with Gasteiger partial charge in [0.05, 0.1) is 5.75 Å². The van der Waals surface area contributed by atoms with Crippen LogP contribution < -0.4 is 4.72 Å². The number of aromatic nitrogens is 2. The molecule has 120 valence electrons. The van der Waals surface area contributed by atoms with Gasteiger partial charge in [-0.1, -0.05) is 31.5 Å². The molecule has 1 unspecified atom stereocenters. The third-order valence-corrected chi connectivity index (χ3v) is 4.82. The number of halogens is 1. The molecule has 0 spiro atoms. The molecule has 1 heterocycles. The van der Waals surface area contributed by atoms with Gasteiger partial charge in [0.2, 0.25) is 10.0 Å². The molecule has 0 aliphatic carbocycles. The van der Waals surface area contributed by atoms with Crippen LogP contribution in [0.4, 0.5) is 4.39 Å². The van der Waals surface area contributed by atoms with Crippen LogP contribution in [0.5, 0.6) is 0 Å². The molecule has 1 aromatic heterocycles. The predicted molar refractivity (Wildman–Crippen MR) is 83.3 cm³/mol. The van der Waals surface area contributed by atoms with E-state index >= 15 is 0 Å². The van der Waals surface area contributed by atoms with Gasteiger partial charge in [0, 0.05) is 25.0 Å². The SMILES string of the molecule is CCCCS(=O)(=O)NC(c1ccccc1F)c1nccn1C. The molecule has 2 aromatic rings. The molecule has 22 heavy (non-hydrogen) atoms. The van der Waals surface area contributed by atoms with Crippen LogP contribution >= 0.6 is 0 Å². The first-order valence-corrected chi connectivity index (χ1v) is 8.81. The number of benzene rings is 1. The van der Waals surface area contributed by atoms with E-state index in [-0.39, 0.29) is 11.3 Å². The van der Waals surface area contributed by atoms with Crippen LogP contribution in [0.1, 0.15) is 37.2 Å². The van der Waals surface area contributed by atoms with Crippen molar-refractivity contribution in [2.45, 2.75) is 25.8 Å². The Balaban J connectivity index is 2.40. The smallest absolute Gasteiger partial charge is 0.212 e. The predicted octanol–water partition coefficient (Wildman–Crippen LogP) is 2.37. The second-order valence-electron chi connectivity index (χ2n) is 5.14. The van der Waals surface area contributed by atoms with Gasteiger partial charge >= 0.3 is 0 Å². The Labute approximate surface area is 130 Å². The van der Waals surface area contributed by atoms with Gasteiger partial charge in [0.15, 0.2) is 0 Å². The van der Waals surface area contributed by atoms with E-state index in [0.29, 0.717) is 12.2 Å². The Morgan fingerprint density at radius 3 is 2.68 bits per heavy atom. The van der Waals surface area contributed by atoms with E-state index in [0.717, 1.165) is 6.42 Å². The molecule has 1 aromatic carbocycles. The Hall–Kier alpha value is -1.73. The van der Waals surface area contributed by atoms with Gasteiger partial charge in [0.1, 0.15) is 17.7 Å². The normalized spacial score (nSPS) is 13.2. The highest BCUT2D eigenvalue weighted by Crippen LogP contribution is 2.24. The molecule has 2 rings (SSSR count). The van der Waals surface area contributed by atoms with Crippen molar-refractivity contribution in [3.63, 3.8) is 0 Å². The maximum absolute atomic E-state index is 14.1. The summed E-state index contributed by atoms with van der Waals surface area (Å²) in [5, 5.41) is 0. The van der Waals surface area contributed by atoms with E-state index < -0.39 is 21.9 Å². The number of sulfonamides is 1. The van der Waals surface area contributed by atoms with Crippen molar-refractivity contribution in [1.29, 1.82) is 0 Å². The van der Waals surface area contributed by atoms with Gasteiger partial charge in [0.25, 0.3) is 0 Å². The second-order valence-corrected chi connectivity index (χ2v) is 7.01. The van der Waals surface area contributed by atoms with Crippen LogP contribution in [0.15, 0.2) is 36.7 Å². The lowest BCUT2D eigenvalue weighted by Crippen LogP contribution is -2.33. The van der Waals surface area contributed by atoms with Crippen LogP contribution in [-0.4, -0.2) is 23.7 Å². The Kier molecular flexibility index (Phi) is 5.31. The van der Waals surface area contributed by atoms with Crippen molar-refractivity contribution < 1.29 is 12.8 Å². The summed E-state index contributed by atoms with van der Waals surface area (Å²) in [5.41, 5.74) is 0.261. The van der Waals surface area contributed by atoms with Gasteiger partial charge in [-0.2, -0.15) is 4.72 Å². The fraction of sp³-hybridized carbons (Fsp3) is 0.400. The Bertz CT molecular complexity index is 728. The third-order valence-electron chi connectivity index (χ3n) is 3.40. The number of aryl methyl sites for hydroxylation is 1. The lowest BCUT2D eigenvalue weighted by atomic mass is 10.1. The summed E-state index contributed by atoms with van der Waals surface area (Å²) < 4.78 is 42.8. The monoisotopic (exact) mass is 325 g/mol. The number of imidazole rings is 1. The average Bonchev–Trinajstić information content (AvgIpc) is 2.90. The highest BCUT2D eigenvalue weighted by molar-refractivity contribution is 7.89. The van der Waals surface area contributed by atoms with Gasteiger partial charge in [-0.3, -0.25) is 0 Å². The standard InChI is InChI=1S/C15H20FN3O2S/c1-3-4-11-22(20,21)18-14(15-17-9-10-19(15)2)12-7-5-6-8-13(12)16/h5-10,14,18H,3-4,11H2,1-2H3. The number of unbranched alkanes of at least 4 members (excludes halogenated alkanes) is 1. The average molecular weight is 325 g/mol. The molecule has 0 saturated heterocycles. The summed E-state index contributed by atoms with van der Waals surface area (Å²) in [6.07, 6.45) is 4.58. The fourth-order valence-corrected chi connectivity index (χ4v) is 3.57. The first-order valence-electron chi connectivity index (χ1n) is 7.16. The fourth-order valence-electron chi connectivity index (χ4n) is 2.19. The molecule has 0 bridgehead atoms. The topological polar surface area (TPSA) is 64.0 Å². The van der Waals surface area contributed by atoms with Gasteiger partial charge in [-0.25, -0.2) is 17.8 Å². The molecule has 0 aliphatic heterocycles. The van der Waals surface area contributed by atoms with Crippen molar-refractivity contribution in [3.05, 3.63) is 53.9 Å². The second kappa shape index (κ2) is 7.02. The van der Waals surface area contributed by atoms with E-state index in [4.69, 9.17) is 0 Å². The Morgan fingerprint density at radius 1 is 1.36 bits per heavy atom. The Morgan fingerprint density at radius 2 is 2.09 bits per heavy atom. The summed E-state index contributed by atoms with van der Waals surface area (Å²) >= 11 is 0. The van der Waals surface area contributed by atoms with Crippen molar-refractivity contribution in [1.82, 2.24) is 14.3 Å². The van der Waals surface area contributed by atoms with Crippen molar-refractivity contribution >= 4 is 10.0 Å². The number of hydrogen-bond acceptors (Lipinski definition) is 3. The molecule has 0 aliphatic rings. The maximum Gasteiger partial charge on any atom is 0.212 e. The minimum Gasteiger partial charge on any atom is -0.336 e. The zero-order chi connectivity index (χ0) is 16.2. The quantitative estimate of drug-likeness (QED) is 0.850. The summed E-state index contributed by atoms with van der Waals surface area (Å²) in [7, 11) is -1.77. The first kappa shape index (κ1) is 16.6. The number of nitrogens with zero attached hydrogens (tertiary/aromatic N) is 2. The molecule has 7 heteroatoms. The largest absolute Gasteiger partial charge is 0.336 e. The van der Waals surface area contributed by atoms with Gasteiger partial charge in [-0.05, 0) is 12.5 Å². The lowest BCUT2D eigenvalue weighted by molar-refractivity contribution is 0.543. The van der Waals surface area contributed by atoms with Crippen LogP contribution in [0.3, 0.4) is 0 Å². The van der Waals surface area contributed by atoms with Gasteiger partial charge in [-0.15, -0.1) is 0 Å². The summed E-state index contributed by atoms with van der Waals surface area (Å²) in [4.78, 5) is 4.17. The van der Waals surface area contributed by atoms with Crippen LogP contribution in [-0.2, 0) is 17.1 Å². The van der Waals surface area contributed by atoms with Crippen LogP contribution in [0.25, 0.3) is 0 Å². The van der Waals surface area contributed by atoms with E-state index in [1.165, 1.54) is 6.07 Å². The molecule has 1 atom stereocenters. The number of nitrogens with one attached hydrogen (secondary N) is 1. The number of hydrogen-bond donors (Lipinski definition) is 1. The third kappa shape index (κ3) is 3.92.